The van der Waals surface area contributed by atoms with Crippen LogP contribution in [-0.4, -0.2) is 250 Å². The van der Waals surface area contributed by atoms with Gasteiger partial charge < -0.3 is 103 Å². The molecule has 6 rings (SSSR count). The largest absolute Gasteiger partial charge is 0.511 e. The highest BCUT2D eigenvalue weighted by Crippen LogP contribution is 2.39. The molecule has 4 saturated heterocycles. The van der Waals surface area contributed by atoms with E-state index in [1.807, 2.05) is 51.2 Å². The smallest absolute Gasteiger partial charge is 0.460 e. The highest BCUT2D eigenvalue weighted by atomic mass is 16.8. The number of aliphatic hydroxyl groups is 9. The number of cyclic esters (lactones) is 1. The number of amides is 1. The number of nitrogens with zero attached hydrogens (tertiary/aromatic N) is 1. The Labute approximate surface area is 537 Å². The van der Waals surface area contributed by atoms with Crippen LogP contribution in [0.25, 0.3) is 0 Å². The number of methoxy groups -OCH3 is 3. The Hall–Kier alpha value is -4.50. The van der Waals surface area contributed by atoms with E-state index in [0.717, 1.165) is 10.5 Å². The van der Waals surface area contributed by atoms with Crippen molar-refractivity contribution in [3.8, 4) is 0 Å². The lowest BCUT2D eigenvalue weighted by molar-refractivity contribution is -0.381. The molecule has 6 aliphatic rings. The first kappa shape index (κ1) is 76.5. The van der Waals surface area contributed by atoms with Crippen LogP contribution in [0.15, 0.2) is 47.6 Å². The summed E-state index contributed by atoms with van der Waals surface area (Å²) in [5, 5.41) is 95.6. The van der Waals surface area contributed by atoms with Gasteiger partial charge in [0.05, 0.1) is 37.6 Å². The lowest BCUT2D eigenvalue weighted by Crippen LogP contribution is -2.66. The third-order valence-electron chi connectivity index (χ3n) is 19.1. The van der Waals surface area contributed by atoms with Gasteiger partial charge in [0, 0.05) is 58.5 Å². The number of esters is 1. The standard InChI is InChI=1S/C65H101NO26/c1-34-16-12-11-13-17-35(2)46(82-8)30-42-21-19-40(7)65(81,91-42)58(76)59(77)66-23-15-14-18-43(66)60(78)88-47(31-44(68)36(3)27-39(6)51(70)56(84-10)50(69)38(5)26-34)37(4)28-41-20-22-45(48(29-41)83-9)85-24-25-86-63(80)92-64(33-67)57(75)52(71)49(32-87-64)89-62-55(74)53(72)54(73)61(79)90-62/h11-13,16-17,27,34,36-38,40-43,45-49,51-57,61-62,67,70-75,79,81H,14-15,18-26,28-33H2,1-10H3/b13-11+,16-12+,35-17+,39-27+/t34-,36-,37-,38-,40-,41?,42+,43?,45-,46+,47+,48-,49?,51-,52-,53+,54+,55-,56+,57+,61+,62?,64-,65-/m1/s1. The number of ether oxygens (including phenoxy) is 11. The van der Waals surface area contributed by atoms with Crippen molar-refractivity contribution >= 4 is 35.4 Å². The fourth-order valence-electron chi connectivity index (χ4n) is 13.2. The van der Waals surface area contributed by atoms with Crippen LogP contribution in [0.3, 0.4) is 0 Å². The second-order valence-corrected chi connectivity index (χ2v) is 25.9. The Morgan fingerprint density at radius 1 is 0.783 bits per heavy atom. The molecule has 0 radical (unpaired) electrons. The maximum absolute atomic E-state index is 14.7. The molecule has 0 aromatic rings. The van der Waals surface area contributed by atoms with Crippen LogP contribution in [0.2, 0.25) is 0 Å². The number of rotatable bonds is 14. The van der Waals surface area contributed by atoms with E-state index in [2.05, 4.69) is 0 Å². The van der Waals surface area contributed by atoms with Gasteiger partial charge in [-0.25, -0.2) is 9.59 Å². The van der Waals surface area contributed by atoms with Gasteiger partial charge in [-0.15, -0.1) is 0 Å². The molecule has 0 spiro atoms. The topological polar surface area (TPSA) is 389 Å². The molecule has 24 atom stereocenters. The Balaban J connectivity index is 1.14. The number of allylic oxidation sites excluding steroid dienone is 6. The highest BCUT2D eigenvalue weighted by molar-refractivity contribution is 6.39. The Morgan fingerprint density at radius 2 is 1.51 bits per heavy atom. The molecule has 4 unspecified atom stereocenters. The van der Waals surface area contributed by atoms with Crippen molar-refractivity contribution in [3.05, 3.63) is 47.6 Å². The Bertz CT molecular complexity index is 2580. The van der Waals surface area contributed by atoms with Crippen LogP contribution in [-0.2, 0) is 76.1 Å². The van der Waals surface area contributed by atoms with Gasteiger partial charge >= 0.3 is 12.1 Å². The van der Waals surface area contributed by atoms with Crippen LogP contribution >= 0.6 is 0 Å². The first-order valence-corrected chi connectivity index (χ1v) is 32.1. The number of hydrogen-bond donors (Lipinski definition) is 9. The average Bonchev–Trinajstić information content (AvgIpc) is 0.805. The maximum Gasteiger partial charge on any atom is 0.511 e. The molecular formula is C65H101NO26. The molecule has 27 nitrogen and oxygen atoms in total. The molecule has 522 valence electrons. The van der Waals surface area contributed by atoms with Crippen molar-refractivity contribution in [2.24, 2.45) is 35.5 Å². The molecule has 0 aromatic carbocycles. The van der Waals surface area contributed by atoms with E-state index in [0.29, 0.717) is 63.4 Å². The minimum Gasteiger partial charge on any atom is -0.460 e. The van der Waals surface area contributed by atoms with Crippen LogP contribution < -0.4 is 0 Å². The van der Waals surface area contributed by atoms with Crippen molar-refractivity contribution in [1.82, 2.24) is 4.90 Å². The van der Waals surface area contributed by atoms with Gasteiger partial charge in [0.15, 0.2) is 24.5 Å². The lowest BCUT2D eigenvalue weighted by Gasteiger charge is -2.46. The number of fused-ring (bicyclic) bond motifs is 3. The summed E-state index contributed by atoms with van der Waals surface area (Å²) in [4.78, 5) is 86.0. The summed E-state index contributed by atoms with van der Waals surface area (Å²) in [6, 6.07) is -1.25. The fourth-order valence-corrected chi connectivity index (χ4v) is 13.2. The molecule has 1 saturated carbocycles. The summed E-state index contributed by atoms with van der Waals surface area (Å²) in [7, 11) is 4.40. The van der Waals surface area contributed by atoms with Gasteiger partial charge in [-0.05, 0) is 107 Å². The molecular weight excluding hydrogens is 1210 g/mol. The molecule has 27 heteroatoms. The molecule has 2 bridgehead atoms. The van der Waals surface area contributed by atoms with E-state index in [1.54, 1.807) is 40.9 Å². The van der Waals surface area contributed by atoms with E-state index in [1.165, 1.54) is 14.2 Å². The normalized spacial score (nSPS) is 42.1. The second kappa shape index (κ2) is 35.0. The van der Waals surface area contributed by atoms with Crippen molar-refractivity contribution in [2.75, 3.05) is 54.3 Å². The minimum absolute atomic E-state index is 0.00796. The van der Waals surface area contributed by atoms with Crippen LogP contribution in [0.5, 0.6) is 0 Å². The maximum atomic E-state index is 14.7. The molecule has 5 heterocycles. The first-order chi connectivity index (χ1) is 43.5. The summed E-state index contributed by atoms with van der Waals surface area (Å²) < 4.78 is 62.1. The van der Waals surface area contributed by atoms with Crippen molar-refractivity contribution < 1.29 is 127 Å². The van der Waals surface area contributed by atoms with Gasteiger partial charge in [-0.3, -0.25) is 19.2 Å². The molecule has 0 aromatic heterocycles. The summed E-state index contributed by atoms with van der Waals surface area (Å²) in [6.07, 6.45) is -7.15. The second-order valence-electron chi connectivity index (χ2n) is 25.9. The molecule has 9 N–H and O–H groups in total. The number of ketones is 3. The average molecular weight is 1310 g/mol. The van der Waals surface area contributed by atoms with E-state index in [-0.39, 0.29) is 55.8 Å². The molecule has 5 fully saturated rings. The number of aliphatic hydroxyl groups excluding tert-OH is 8. The lowest BCUT2D eigenvalue weighted by atomic mass is 9.78. The predicted molar refractivity (Wildman–Crippen MR) is 323 cm³/mol. The van der Waals surface area contributed by atoms with Crippen LogP contribution in [0, 0.1) is 35.5 Å². The summed E-state index contributed by atoms with van der Waals surface area (Å²) in [5.74, 6) is -11.6. The fraction of sp³-hybridized carbons (Fsp3) is 0.785. The Morgan fingerprint density at radius 3 is 2.20 bits per heavy atom. The van der Waals surface area contributed by atoms with Crippen LogP contribution in [0.1, 0.15) is 126 Å². The third kappa shape index (κ3) is 19.2. The zero-order valence-corrected chi connectivity index (χ0v) is 54.6. The molecule has 92 heavy (non-hydrogen) atoms. The Kier molecular flexibility index (Phi) is 29.1. The zero-order chi connectivity index (χ0) is 67.9. The number of carbonyl (C=O) groups is 6. The summed E-state index contributed by atoms with van der Waals surface area (Å²) in [6.45, 7) is 9.96. The summed E-state index contributed by atoms with van der Waals surface area (Å²) >= 11 is 0. The minimum atomic E-state index is -2.55. The van der Waals surface area contributed by atoms with Gasteiger partial charge in [0.1, 0.15) is 73.9 Å². The molecule has 1 amide bonds. The monoisotopic (exact) mass is 1310 g/mol. The predicted octanol–water partition coefficient (Wildman–Crippen LogP) is 1.94. The number of carbonyl (C=O) groups excluding carboxylic acids is 6. The van der Waals surface area contributed by atoms with Crippen molar-refractivity contribution in [3.63, 3.8) is 0 Å². The summed E-state index contributed by atoms with van der Waals surface area (Å²) in [5.41, 5.74) is 1.16. The number of Topliss-reactive ketones (excluding diaryl/α,β-unsaturated/α-hetero) is 3. The zero-order valence-electron chi connectivity index (χ0n) is 54.6. The molecule has 5 aliphatic heterocycles. The van der Waals surface area contributed by atoms with E-state index in [9.17, 15) is 74.7 Å². The van der Waals surface area contributed by atoms with E-state index in [4.69, 9.17) is 52.1 Å². The van der Waals surface area contributed by atoms with E-state index < -0.39 is 177 Å². The van der Waals surface area contributed by atoms with Gasteiger partial charge in [0.25, 0.3) is 17.5 Å². The van der Waals surface area contributed by atoms with Crippen molar-refractivity contribution in [2.45, 2.75) is 235 Å². The van der Waals surface area contributed by atoms with Gasteiger partial charge in [-0.2, -0.15) is 0 Å². The molecule has 1 aliphatic carbocycles. The SMILES string of the molecule is CO[C@H]1C[C@@H]2CC[C@@H](C)[C@@](O)(O2)C(=O)C(=O)N2CCCCC2C(=O)O[C@H]([C@H](C)CC2CC[C@@H](OCCOC(=O)O[C@@]3(CO)OCC(OC4O[C@H](O)[C@@H](O)[C@H](O)[C@H]4O)[C@@H](O)[C@@H]3O)[C@H](OC)C2)CC(=O)[C@H](C)/C=C(\C)[C@@H](O)[C@@H](OC)C(=O)[C@H](C)C[C@H](C)/C=C/C=C/C=C/1C. The van der Waals surface area contributed by atoms with E-state index >= 15 is 0 Å². The quantitative estimate of drug-likeness (QED) is 0.0519. The third-order valence-corrected chi connectivity index (χ3v) is 19.1. The van der Waals surface area contributed by atoms with Crippen LogP contribution in [0.4, 0.5) is 4.79 Å². The van der Waals surface area contributed by atoms with Gasteiger partial charge in [0.2, 0.25) is 5.79 Å². The van der Waals surface area contributed by atoms with Crippen molar-refractivity contribution in [1.29, 1.82) is 0 Å². The van der Waals surface area contributed by atoms with Gasteiger partial charge in [-0.1, -0.05) is 71.1 Å². The highest BCUT2D eigenvalue weighted by Gasteiger charge is 2.56. The number of hydrogen-bond acceptors (Lipinski definition) is 26. The number of piperidine rings is 1. The first-order valence-electron chi connectivity index (χ1n) is 32.1.